The fourth-order valence-corrected chi connectivity index (χ4v) is 4.18. The molecule has 1 aromatic rings. The van der Waals surface area contributed by atoms with Gasteiger partial charge >= 0.3 is 0 Å². The standard InChI is InChI=1S/C22H31N3O4/c1-3-20(26)23-16-9-7-13-24(15-16)22(28)18-11-8-14-25(18)21(27)17-10-5-6-12-19(17)29-4-2/h5-6,10,12,16,18H,3-4,7-9,11,13-15H2,1-2H3,(H,23,26). The van der Waals surface area contributed by atoms with E-state index in [1.807, 2.05) is 30.9 Å². The van der Waals surface area contributed by atoms with Crippen LogP contribution in [0.1, 0.15) is 56.3 Å². The third-order valence-electron chi connectivity index (χ3n) is 5.64. The molecule has 7 heteroatoms. The van der Waals surface area contributed by atoms with Crippen molar-refractivity contribution in [3.8, 4) is 5.75 Å². The van der Waals surface area contributed by atoms with E-state index in [2.05, 4.69) is 5.32 Å². The molecule has 1 N–H and O–H groups in total. The fourth-order valence-electron chi connectivity index (χ4n) is 4.18. The zero-order valence-electron chi connectivity index (χ0n) is 17.4. The largest absolute Gasteiger partial charge is 0.493 e. The van der Waals surface area contributed by atoms with Crippen LogP contribution >= 0.6 is 0 Å². The average molecular weight is 402 g/mol. The van der Waals surface area contributed by atoms with Crippen molar-refractivity contribution < 1.29 is 19.1 Å². The Bertz CT molecular complexity index is 751. The summed E-state index contributed by atoms with van der Waals surface area (Å²) in [5, 5.41) is 3.00. The Balaban J connectivity index is 1.71. The van der Waals surface area contributed by atoms with Gasteiger partial charge in [0.05, 0.1) is 12.2 Å². The van der Waals surface area contributed by atoms with E-state index in [9.17, 15) is 14.4 Å². The van der Waals surface area contributed by atoms with Gasteiger partial charge in [0.1, 0.15) is 11.8 Å². The van der Waals surface area contributed by atoms with Crippen LogP contribution in [0.2, 0.25) is 0 Å². The molecule has 2 unspecified atom stereocenters. The van der Waals surface area contributed by atoms with Crippen LogP contribution in [0.25, 0.3) is 0 Å². The van der Waals surface area contributed by atoms with Crippen LogP contribution in [0.3, 0.4) is 0 Å². The Kier molecular flexibility index (Phi) is 7.12. The Morgan fingerprint density at radius 1 is 1.10 bits per heavy atom. The molecule has 0 bridgehead atoms. The molecule has 7 nitrogen and oxygen atoms in total. The second-order valence-electron chi connectivity index (χ2n) is 7.63. The summed E-state index contributed by atoms with van der Waals surface area (Å²) in [5.41, 5.74) is 0.501. The highest BCUT2D eigenvalue weighted by atomic mass is 16.5. The predicted octanol–water partition coefficient (Wildman–Crippen LogP) is 2.21. The van der Waals surface area contributed by atoms with Crippen molar-refractivity contribution in [2.24, 2.45) is 0 Å². The second kappa shape index (κ2) is 9.76. The lowest BCUT2D eigenvalue weighted by Crippen LogP contribution is -2.54. The summed E-state index contributed by atoms with van der Waals surface area (Å²) in [5.74, 6) is 0.394. The molecule has 0 saturated carbocycles. The molecule has 0 spiro atoms. The minimum absolute atomic E-state index is 0.00880. The first-order valence-electron chi connectivity index (χ1n) is 10.7. The zero-order chi connectivity index (χ0) is 20.8. The maximum absolute atomic E-state index is 13.2. The summed E-state index contributed by atoms with van der Waals surface area (Å²) < 4.78 is 5.61. The van der Waals surface area contributed by atoms with Gasteiger partial charge in [-0.2, -0.15) is 0 Å². The number of hydrogen-bond donors (Lipinski definition) is 1. The maximum Gasteiger partial charge on any atom is 0.258 e. The number of ether oxygens (including phenoxy) is 1. The number of likely N-dealkylation sites (tertiary alicyclic amines) is 2. The zero-order valence-corrected chi connectivity index (χ0v) is 17.4. The van der Waals surface area contributed by atoms with Gasteiger partial charge in [-0.15, -0.1) is 0 Å². The third kappa shape index (κ3) is 4.89. The van der Waals surface area contributed by atoms with Crippen molar-refractivity contribution in [1.82, 2.24) is 15.1 Å². The number of carbonyl (C=O) groups is 3. The maximum atomic E-state index is 13.2. The first-order chi connectivity index (χ1) is 14.0. The van der Waals surface area contributed by atoms with Gasteiger partial charge in [-0.05, 0) is 44.7 Å². The Hall–Kier alpha value is -2.57. The van der Waals surface area contributed by atoms with Crippen molar-refractivity contribution in [3.05, 3.63) is 29.8 Å². The quantitative estimate of drug-likeness (QED) is 0.793. The highest BCUT2D eigenvalue weighted by molar-refractivity contribution is 6.00. The molecule has 2 heterocycles. The van der Waals surface area contributed by atoms with Crippen molar-refractivity contribution in [2.45, 2.75) is 58.0 Å². The van der Waals surface area contributed by atoms with E-state index in [1.54, 1.807) is 17.0 Å². The number of amides is 3. The van der Waals surface area contributed by atoms with Gasteiger partial charge in [0.2, 0.25) is 11.8 Å². The van der Waals surface area contributed by atoms with Crippen LogP contribution in [0.5, 0.6) is 5.75 Å². The summed E-state index contributed by atoms with van der Waals surface area (Å²) in [4.78, 5) is 41.7. The number of hydrogen-bond acceptors (Lipinski definition) is 4. The number of piperidine rings is 1. The highest BCUT2D eigenvalue weighted by Gasteiger charge is 2.38. The lowest BCUT2D eigenvalue weighted by molar-refractivity contribution is -0.137. The first kappa shape index (κ1) is 21.1. The predicted molar refractivity (Wildman–Crippen MR) is 110 cm³/mol. The molecule has 0 aliphatic carbocycles. The molecule has 2 atom stereocenters. The van der Waals surface area contributed by atoms with Crippen LogP contribution in [0, 0.1) is 0 Å². The Morgan fingerprint density at radius 2 is 1.86 bits per heavy atom. The second-order valence-corrected chi connectivity index (χ2v) is 7.63. The number of nitrogens with one attached hydrogen (secondary N) is 1. The minimum atomic E-state index is -0.446. The van der Waals surface area contributed by atoms with Gasteiger partial charge in [-0.25, -0.2) is 0 Å². The molecule has 2 fully saturated rings. The van der Waals surface area contributed by atoms with Gasteiger partial charge in [-0.1, -0.05) is 19.1 Å². The minimum Gasteiger partial charge on any atom is -0.493 e. The van der Waals surface area contributed by atoms with Crippen LogP contribution < -0.4 is 10.1 Å². The molecule has 0 radical (unpaired) electrons. The SMILES string of the molecule is CCOc1ccccc1C(=O)N1CCCC1C(=O)N1CCCC(NC(=O)CC)C1. The lowest BCUT2D eigenvalue weighted by Gasteiger charge is -2.36. The number of carbonyl (C=O) groups excluding carboxylic acids is 3. The van der Waals surface area contributed by atoms with E-state index < -0.39 is 6.04 Å². The van der Waals surface area contributed by atoms with Crippen molar-refractivity contribution in [1.29, 1.82) is 0 Å². The summed E-state index contributed by atoms with van der Waals surface area (Å²) in [6.45, 7) is 5.94. The molecule has 2 aliphatic rings. The van der Waals surface area contributed by atoms with Crippen molar-refractivity contribution >= 4 is 17.7 Å². The first-order valence-corrected chi connectivity index (χ1v) is 10.7. The molecule has 29 heavy (non-hydrogen) atoms. The molecule has 3 amide bonds. The van der Waals surface area contributed by atoms with Crippen LogP contribution in [-0.2, 0) is 9.59 Å². The van der Waals surface area contributed by atoms with Crippen LogP contribution in [-0.4, -0.2) is 65.8 Å². The molecule has 0 aromatic heterocycles. The molecule has 2 saturated heterocycles. The van der Waals surface area contributed by atoms with Crippen molar-refractivity contribution in [3.63, 3.8) is 0 Å². The molecule has 2 aliphatic heterocycles. The van der Waals surface area contributed by atoms with E-state index in [0.717, 1.165) is 19.3 Å². The monoisotopic (exact) mass is 401 g/mol. The summed E-state index contributed by atoms with van der Waals surface area (Å²) >= 11 is 0. The smallest absolute Gasteiger partial charge is 0.258 e. The Labute approximate surface area is 172 Å². The number of benzene rings is 1. The van der Waals surface area contributed by atoms with Crippen LogP contribution in [0.4, 0.5) is 0 Å². The normalized spacial score (nSPS) is 21.7. The van der Waals surface area contributed by atoms with E-state index in [0.29, 0.717) is 50.4 Å². The van der Waals surface area contributed by atoms with Gasteiger partial charge in [-0.3, -0.25) is 14.4 Å². The fraction of sp³-hybridized carbons (Fsp3) is 0.591. The molecule has 3 rings (SSSR count). The molecule has 1 aromatic carbocycles. The summed E-state index contributed by atoms with van der Waals surface area (Å²) in [6, 6.07) is 6.74. The molecule has 158 valence electrons. The summed E-state index contributed by atoms with van der Waals surface area (Å²) in [7, 11) is 0. The van der Waals surface area contributed by atoms with Gasteiger partial charge in [0, 0.05) is 32.1 Å². The molecular weight excluding hydrogens is 370 g/mol. The van der Waals surface area contributed by atoms with Gasteiger partial charge < -0.3 is 19.9 Å². The lowest BCUT2D eigenvalue weighted by atomic mass is 10.0. The third-order valence-corrected chi connectivity index (χ3v) is 5.64. The number of para-hydroxylation sites is 1. The summed E-state index contributed by atoms with van der Waals surface area (Å²) in [6.07, 6.45) is 3.65. The Morgan fingerprint density at radius 3 is 2.62 bits per heavy atom. The van der Waals surface area contributed by atoms with E-state index in [4.69, 9.17) is 4.74 Å². The van der Waals surface area contributed by atoms with Crippen molar-refractivity contribution in [2.75, 3.05) is 26.2 Å². The van der Waals surface area contributed by atoms with Gasteiger partial charge in [0.15, 0.2) is 0 Å². The topological polar surface area (TPSA) is 79.0 Å². The molecular formula is C22H31N3O4. The van der Waals surface area contributed by atoms with Crippen LogP contribution in [0.15, 0.2) is 24.3 Å². The van der Waals surface area contributed by atoms with E-state index >= 15 is 0 Å². The van der Waals surface area contributed by atoms with E-state index in [1.165, 1.54) is 0 Å². The highest BCUT2D eigenvalue weighted by Crippen LogP contribution is 2.27. The number of nitrogens with zero attached hydrogens (tertiary/aromatic N) is 2. The average Bonchev–Trinajstić information content (AvgIpc) is 3.23. The van der Waals surface area contributed by atoms with E-state index in [-0.39, 0.29) is 23.8 Å². The number of rotatable bonds is 6. The van der Waals surface area contributed by atoms with Gasteiger partial charge in [0.25, 0.3) is 5.91 Å².